The van der Waals surface area contributed by atoms with E-state index >= 15 is 0 Å². The summed E-state index contributed by atoms with van der Waals surface area (Å²) in [6.45, 7) is -0.132. The lowest BCUT2D eigenvalue weighted by atomic mass is 10.1. The summed E-state index contributed by atoms with van der Waals surface area (Å²) in [5, 5.41) is 0. The Morgan fingerprint density at radius 3 is 2.54 bits per heavy atom. The Morgan fingerprint density at radius 1 is 1.00 bits per heavy atom. The quantitative estimate of drug-likeness (QED) is 0.591. The fraction of sp³-hybridized carbons (Fsp3) is 0.130. The largest absolute Gasteiger partial charge is 0.483 e. The summed E-state index contributed by atoms with van der Waals surface area (Å²) in [5.41, 5.74) is 2.42. The molecule has 0 aliphatic carbocycles. The van der Waals surface area contributed by atoms with E-state index < -0.39 is 0 Å². The van der Waals surface area contributed by atoms with Crippen molar-refractivity contribution < 1.29 is 14.3 Å². The fourth-order valence-electron chi connectivity index (χ4n) is 3.34. The number of carbonyl (C=O) groups is 2. The summed E-state index contributed by atoms with van der Waals surface area (Å²) in [6, 6.07) is 24.8. The van der Waals surface area contributed by atoms with E-state index in [1.54, 1.807) is 36.0 Å². The average Bonchev–Trinajstić information content (AvgIpc) is 2.77. The maximum absolute atomic E-state index is 13.2. The van der Waals surface area contributed by atoms with Crippen molar-refractivity contribution in [3.05, 3.63) is 90.0 Å². The normalized spacial score (nSPS) is 15.6. The molecule has 1 aliphatic rings. The Hall–Kier alpha value is -3.05. The van der Waals surface area contributed by atoms with Crippen LogP contribution in [0.1, 0.15) is 22.0 Å². The molecule has 0 aromatic heterocycles. The van der Waals surface area contributed by atoms with Crippen molar-refractivity contribution in [3.63, 3.8) is 0 Å². The molecule has 140 valence electrons. The zero-order valence-electron chi connectivity index (χ0n) is 15.2. The topological polar surface area (TPSA) is 46.6 Å². The van der Waals surface area contributed by atoms with Gasteiger partial charge in [-0.15, -0.1) is 11.8 Å². The standard InChI is InChI=1S/C23H19NO3S/c25-14-18-10-4-6-12-21(18)27-15-23(26)24-19-11-5-7-13-22(19)28-16-20(24)17-8-2-1-3-9-17/h1-14,20H,15-16H2. The summed E-state index contributed by atoms with van der Waals surface area (Å²) in [5.74, 6) is 1.06. The number of para-hydroxylation sites is 2. The zero-order chi connectivity index (χ0) is 19.3. The molecule has 0 radical (unpaired) electrons. The fourth-order valence-corrected chi connectivity index (χ4v) is 4.50. The number of rotatable bonds is 5. The third-order valence-electron chi connectivity index (χ3n) is 4.68. The van der Waals surface area contributed by atoms with Crippen LogP contribution in [-0.2, 0) is 4.79 Å². The minimum atomic E-state index is -0.137. The first-order valence-electron chi connectivity index (χ1n) is 9.04. The molecule has 3 aromatic carbocycles. The molecule has 1 atom stereocenters. The van der Waals surface area contributed by atoms with Crippen molar-refractivity contribution in [1.29, 1.82) is 0 Å². The van der Waals surface area contributed by atoms with E-state index in [9.17, 15) is 9.59 Å². The van der Waals surface area contributed by atoms with Crippen LogP contribution in [-0.4, -0.2) is 24.6 Å². The van der Waals surface area contributed by atoms with E-state index in [2.05, 4.69) is 0 Å². The summed E-state index contributed by atoms with van der Waals surface area (Å²) in [4.78, 5) is 27.3. The van der Waals surface area contributed by atoms with Gasteiger partial charge in [-0.25, -0.2) is 0 Å². The summed E-state index contributed by atoms with van der Waals surface area (Å²) in [7, 11) is 0. The third kappa shape index (κ3) is 3.66. The summed E-state index contributed by atoms with van der Waals surface area (Å²) in [6.07, 6.45) is 0.736. The van der Waals surface area contributed by atoms with Crippen molar-refractivity contribution in [3.8, 4) is 5.75 Å². The van der Waals surface area contributed by atoms with E-state index in [0.717, 1.165) is 28.2 Å². The molecular formula is C23H19NO3S. The van der Waals surface area contributed by atoms with Crippen LogP contribution in [0.5, 0.6) is 5.75 Å². The Kier molecular flexibility index (Phi) is 5.44. The van der Waals surface area contributed by atoms with Crippen LogP contribution in [0.3, 0.4) is 0 Å². The summed E-state index contributed by atoms with van der Waals surface area (Å²) >= 11 is 1.75. The van der Waals surface area contributed by atoms with Gasteiger partial charge in [0.05, 0.1) is 17.3 Å². The molecule has 1 amide bonds. The van der Waals surface area contributed by atoms with Gasteiger partial charge in [0.25, 0.3) is 5.91 Å². The lowest BCUT2D eigenvalue weighted by Gasteiger charge is -2.37. The van der Waals surface area contributed by atoms with Gasteiger partial charge < -0.3 is 4.74 Å². The molecule has 1 unspecified atom stereocenters. The monoisotopic (exact) mass is 389 g/mol. The first-order chi connectivity index (χ1) is 13.8. The molecule has 0 saturated heterocycles. The van der Waals surface area contributed by atoms with E-state index in [1.165, 1.54) is 0 Å². The lowest BCUT2D eigenvalue weighted by Crippen LogP contribution is -2.41. The molecule has 4 rings (SSSR count). The molecule has 0 bridgehead atoms. The number of hydrogen-bond acceptors (Lipinski definition) is 4. The Morgan fingerprint density at radius 2 is 1.71 bits per heavy atom. The number of nitrogens with zero attached hydrogens (tertiary/aromatic N) is 1. The minimum absolute atomic E-state index is 0.0708. The molecule has 0 saturated carbocycles. The van der Waals surface area contributed by atoms with Crippen molar-refractivity contribution in [2.45, 2.75) is 10.9 Å². The first-order valence-corrected chi connectivity index (χ1v) is 10.0. The second-order valence-corrected chi connectivity index (χ2v) is 7.48. The number of aldehydes is 1. The Bertz CT molecular complexity index is 990. The highest BCUT2D eigenvalue weighted by molar-refractivity contribution is 7.99. The minimum Gasteiger partial charge on any atom is -0.483 e. The van der Waals surface area contributed by atoms with Gasteiger partial charge in [0.2, 0.25) is 0 Å². The number of anilines is 1. The molecule has 1 heterocycles. The van der Waals surface area contributed by atoms with Gasteiger partial charge in [0, 0.05) is 10.6 Å². The Balaban J connectivity index is 1.63. The van der Waals surface area contributed by atoms with Crippen molar-refractivity contribution >= 4 is 29.6 Å². The van der Waals surface area contributed by atoms with Crippen molar-refractivity contribution in [2.75, 3.05) is 17.3 Å². The van der Waals surface area contributed by atoms with Crippen LogP contribution in [0.15, 0.2) is 83.8 Å². The first kappa shape index (κ1) is 18.3. The SMILES string of the molecule is O=Cc1ccccc1OCC(=O)N1c2ccccc2SCC1c1ccccc1. The number of ether oxygens (including phenoxy) is 1. The number of carbonyl (C=O) groups excluding carboxylic acids is 2. The highest BCUT2D eigenvalue weighted by Gasteiger charge is 2.32. The maximum atomic E-state index is 13.2. The van der Waals surface area contributed by atoms with E-state index in [4.69, 9.17) is 4.74 Å². The number of amides is 1. The Labute approximate surface area is 168 Å². The van der Waals surface area contributed by atoms with Crippen LogP contribution in [0, 0.1) is 0 Å². The van der Waals surface area contributed by atoms with Gasteiger partial charge in [0.15, 0.2) is 12.9 Å². The number of benzene rings is 3. The number of hydrogen-bond donors (Lipinski definition) is 0. The molecule has 28 heavy (non-hydrogen) atoms. The van der Waals surface area contributed by atoms with E-state index in [-0.39, 0.29) is 18.6 Å². The predicted octanol–water partition coefficient (Wildman–Crippen LogP) is 4.76. The van der Waals surface area contributed by atoms with Gasteiger partial charge in [-0.3, -0.25) is 14.5 Å². The smallest absolute Gasteiger partial charge is 0.265 e. The zero-order valence-corrected chi connectivity index (χ0v) is 16.0. The van der Waals surface area contributed by atoms with Gasteiger partial charge in [0.1, 0.15) is 5.75 Å². The second kappa shape index (κ2) is 8.31. The molecule has 0 spiro atoms. The number of thioether (sulfide) groups is 1. The second-order valence-electron chi connectivity index (χ2n) is 6.41. The third-order valence-corrected chi connectivity index (χ3v) is 5.82. The molecular weight excluding hydrogens is 370 g/mol. The van der Waals surface area contributed by atoms with E-state index in [0.29, 0.717) is 11.3 Å². The van der Waals surface area contributed by atoms with Crippen LogP contribution in [0.25, 0.3) is 0 Å². The highest BCUT2D eigenvalue weighted by Crippen LogP contribution is 2.43. The van der Waals surface area contributed by atoms with Gasteiger partial charge >= 0.3 is 0 Å². The molecule has 4 nitrogen and oxygen atoms in total. The molecule has 5 heteroatoms. The molecule has 0 fully saturated rings. The summed E-state index contributed by atoms with van der Waals surface area (Å²) < 4.78 is 5.71. The van der Waals surface area contributed by atoms with Gasteiger partial charge in [-0.2, -0.15) is 0 Å². The molecule has 3 aromatic rings. The van der Waals surface area contributed by atoms with Gasteiger partial charge in [-0.05, 0) is 29.8 Å². The van der Waals surface area contributed by atoms with E-state index in [1.807, 2.05) is 59.5 Å². The maximum Gasteiger partial charge on any atom is 0.265 e. The van der Waals surface area contributed by atoms with Crippen LogP contribution < -0.4 is 9.64 Å². The van der Waals surface area contributed by atoms with Crippen molar-refractivity contribution in [1.82, 2.24) is 0 Å². The average molecular weight is 389 g/mol. The van der Waals surface area contributed by atoms with Gasteiger partial charge in [-0.1, -0.05) is 54.6 Å². The predicted molar refractivity (Wildman–Crippen MR) is 111 cm³/mol. The molecule has 1 aliphatic heterocycles. The number of fused-ring (bicyclic) bond motifs is 1. The highest BCUT2D eigenvalue weighted by atomic mass is 32.2. The van der Waals surface area contributed by atoms with Crippen LogP contribution in [0.4, 0.5) is 5.69 Å². The molecule has 0 N–H and O–H groups in total. The lowest BCUT2D eigenvalue weighted by molar-refractivity contribution is -0.121. The van der Waals surface area contributed by atoms with Crippen LogP contribution in [0.2, 0.25) is 0 Å². The van der Waals surface area contributed by atoms with Crippen LogP contribution >= 0.6 is 11.8 Å². The van der Waals surface area contributed by atoms with Crippen molar-refractivity contribution in [2.24, 2.45) is 0 Å².